The van der Waals surface area contributed by atoms with Crippen molar-refractivity contribution in [2.24, 2.45) is 23.2 Å². The summed E-state index contributed by atoms with van der Waals surface area (Å²) in [6.45, 7) is 0.870. The molecule has 3 aliphatic rings. The maximum atomic E-state index is 12.0. The van der Waals surface area contributed by atoms with Crippen molar-refractivity contribution >= 4 is 17.5 Å². The molecule has 0 spiro atoms. The zero-order valence-electron chi connectivity index (χ0n) is 9.68. The number of nitrogens with one attached hydrogen (secondary N) is 1. The van der Waals surface area contributed by atoms with Crippen LogP contribution in [0.25, 0.3) is 0 Å². The van der Waals surface area contributed by atoms with Crippen LogP contribution < -0.4 is 5.32 Å². The van der Waals surface area contributed by atoms with Gasteiger partial charge in [-0.1, -0.05) is 6.42 Å². The van der Waals surface area contributed by atoms with Crippen molar-refractivity contribution in [3.8, 4) is 0 Å². The number of hydrogen-bond donors (Lipinski definition) is 1. The van der Waals surface area contributed by atoms with Crippen molar-refractivity contribution in [1.82, 2.24) is 5.32 Å². The second-order valence-corrected chi connectivity index (χ2v) is 6.32. The minimum atomic E-state index is 0.329. The summed E-state index contributed by atoms with van der Waals surface area (Å²) in [5.74, 6) is 2.91. The van der Waals surface area contributed by atoms with Crippen molar-refractivity contribution in [2.45, 2.75) is 38.5 Å². The lowest BCUT2D eigenvalue weighted by Gasteiger charge is -2.14. The highest BCUT2D eigenvalue weighted by Gasteiger charge is 2.56. The van der Waals surface area contributed by atoms with Crippen LogP contribution in [-0.2, 0) is 4.79 Å². The molecule has 1 N–H and O–H groups in total. The van der Waals surface area contributed by atoms with Gasteiger partial charge in [-0.2, -0.15) is 0 Å². The molecule has 0 saturated heterocycles. The van der Waals surface area contributed by atoms with Gasteiger partial charge < -0.3 is 5.32 Å². The molecule has 3 saturated carbocycles. The quantitative estimate of drug-likeness (QED) is 0.737. The van der Waals surface area contributed by atoms with Gasteiger partial charge in [0, 0.05) is 18.3 Å². The van der Waals surface area contributed by atoms with Crippen LogP contribution in [0.3, 0.4) is 0 Å². The summed E-state index contributed by atoms with van der Waals surface area (Å²) in [6.07, 6.45) is 7.47. The van der Waals surface area contributed by atoms with Gasteiger partial charge in [0.1, 0.15) is 0 Å². The van der Waals surface area contributed by atoms with Crippen LogP contribution in [0.5, 0.6) is 0 Å². The summed E-state index contributed by atoms with van der Waals surface area (Å²) >= 11 is 5.78. The standard InChI is InChI=1S/C13H20ClNO/c14-7-6-13(4-5-13)8-15-12(16)11-9-2-1-3-10(9)11/h9-11H,1-8H2,(H,15,16). The highest BCUT2D eigenvalue weighted by Crippen LogP contribution is 2.57. The third kappa shape index (κ3) is 1.85. The maximum absolute atomic E-state index is 12.0. The van der Waals surface area contributed by atoms with Gasteiger partial charge >= 0.3 is 0 Å². The van der Waals surface area contributed by atoms with E-state index in [9.17, 15) is 4.79 Å². The number of alkyl halides is 1. The Kier molecular flexibility index (Phi) is 2.66. The van der Waals surface area contributed by atoms with E-state index in [2.05, 4.69) is 5.32 Å². The number of halogens is 1. The normalized spacial score (nSPS) is 37.9. The third-order valence-electron chi connectivity index (χ3n) is 4.93. The first kappa shape index (κ1) is 10.9. The van der Waals surface area contributed by atoms with Crippen LogP contribution in [0.2, 0.25) is 0 Å². The molecule has 3 aliphatic carbocycles. The molecule has 3 fully saturated rings. The number of fused-ring (bicyclic) bond motifs is 1. The zero-order chi connectivity index (χ0) is 11.2. The van der Waals surface area contributed by atoms with Crippen LogP contribution in [0.1, 0.15) is 38.5 Å². The van der Waals surface area contributed by atoms with Gasteiger partial charge in [-0.25, -0.2) is 0 Å². The fourth-order valence-electron chi connectivity index (χ4n) is 3.50. The summed E-state index contributed by atoms with van der Waals surface area (Å²) in [7, 11) is 0. The lowest BCUT2D eigenvalue weighted by molar-refractivity contribution is -0.123. The summed E-state index contributed by atoms with van der Waals surface area (Å²) in [4.78, 5) is 12.0. The molecule has 16 heavy (non-hydrogen) atoms. The highest BCUT2D eigenvalue weighted by atomic mass is 35.5. The lowest BCUT2D eigenvalue weighted by Crippen LogP contribution is -2.32. The number of amides is 1. The minimum Gasteiger partial charge on any atom is -0.355 e. The predicted octanol–water partition coefficient (Wildman–Crippen LogP) is 2.56. The first-order valence-electron chi connectivity index (χ1n) is 6.59. The van der Waals surface area contributed by atoms with Gasteiger partial charge in [0.2, 0.25) is 5.91 Å². The number of rotatable bonds is 5. The molecule has 0 bridgehead atoms. The molecule has 2 atom stereocenters. The Bertz CT molecular complexity index is 290. The second kappa shape index (κ2) is 3.90. The first-order chi connectivity index (χ1) is 7.76. The zero-order valence-corrected chi connectivity index (χ0v) is 10.4. The summed E-state index contributed by atoms with van der Waals surface area (Å²) in [5.41, 5.74) is 0.376. The fourth-order valence-corrected chi connectivity index (χ4v) is 3.90. The maximum Gasteiger partial charge on any atom is 0.223 e. The van der Waals surface area contributed by atoms with Gasteiger partial charge in [0.15, 0.2) is 0 Å². The molecule has 2 nitrogen and oxygen atoms in total. The van der Waals surface area contributed by atoms with Gasteiger partial charge in [0.25, 0.3) is 0 Å². The Hall–Kier alpha value is -0.240. The molecule has 3 rings (SSSR count). The molecule has 0 aromatic carbocycles. The monoisotopic (exact) mass is 241 g/mol. The Morgan fingerprint density at radius 3 is 2.56 bits per heavy atom. The number of hydrogen-bond acceptors (Lipinski definition) is 1. The fraction of sp³-hybridized carbons (Fsp3) is 0.923. The molecular weight excluding hydrogens is 222 g/mol. The highest BCUT2D eigenvalue weighted by molar-refractivity contribution is 6.17. The smallest absolute Gasteiger partial charge is 0.223 e. The Balaban J connectivity index is 1.44. The molecule has 0 aromatic rings. The minimum absolute atomic E-state index is 0.329. The topological polar surface area (TPSA) is 29.1 Å². The van der Waals surface area contributed by atoms with Crippen molar-refractivity contribution in [2.75, 3.05) is 12.4 Å². The van der Waals surface area contributed by atoms with Crippen molar-refractivity contribution in [3.05, 3.63) is 0 Å². The van der Waals surface area contributed by atoms with E-state index < -0.39 is 0 Å². The Labute approximate surface area is 102 Å². The average molecular weight is 242 g/mol. The molecule has 0 heterocycles. The van der Waals surface area contributed by atoms with Crippen LogP contribution in [0.15, 0.2) is 0 Å². The van der Waals surface area contributed by atoms with E-state index in [4.69, 9.17) is 11.6 Å². The van der Waals surface area contributed by atoms with Crippen LogP contribution in [0.4, 0.5) is 0 Å². The van der Waals surface area contributed by atoms with Crippen LogP contribution >= 0.6 is 11.6 Å². The van der Waals surface area contributed by atoms with E-state index in [-0.39, 0.29) is 0 Å². The SMILES string of the molecule is O=C(NCC1(CCCl)CC1)C1C2CCCC21. The van der Waals surface area contributed by atoms with Crippen molar-refractivity contribution in [1.29, 1.82) is 0 Å². The molecule has 1 amide bonds. The van der Waals surface area contributed by atoms with Gasteiger partial charge in [-0.15, -0.1) is 11.6 Å². The Morgan fingerprint density at radius 2 is 2.00 bits per heavy atom. The molecule has 0 radical (unpaired) electrons. The molecule has 90 valence electrons. The molecular formula is C13H20ClNO. The third-order valence-corrected chi connectivity index (χ3v) is 5.12. The van der Waals surface area contributed by atoms with E-state index in [0.717, 1.165) is 30.7 Å². The average Bonchev–Trinajstić information content (AvgIpc) is 3.15. The van der Waals surface area contributed by atoms with Crippen molar-refractivity contribution < 1.29 is 4.79 Å². The lowest BCUT2D eigenvalue weighted by atomic mass is 10.0. The van der Waals surface area contributed by atoms with E-state index in [1.807, 2.05) is 0 Å². The van der Waals surface area contributed by atoms with Gasteiger partial charge in [-0.3, -0.25) is 4.79 Å². The Morgan fingerprint density at radius 1 is 1.31 bits per heavy atom. The number of carbonyl (C=O) groups excluding carboxylic acids is 1. The van der Waals surface area contributed by atoms with E-state index in [0.29, 0.717) is 17.2 Å². The second-order valence-electron chi connectivity index (χ2n) is 5.94. The predicted molar refractivity (Wildman–Crippen MR) is 64.3 cm³/mol. The summed E-state index contributed by atoms with van der Waals surface area (Å²) in [5, 5.41) is 3.16. The van der Waals surface area contributed by atoms with E-state index >= 15 is 0 Å². The van der Waals surface area contributed by atoms with Gasteiger partial charge in [-0.05, 0) is 49.4 Å². The largest absolute Gasteiger partial charge is 0.355 e. The summed E-state index contributed by atoms with van der Waals surface area (Å²) in [6, 6.07) is 0. The van der Waals surface area contributed by atoms with Crippen LogP contribution in [0, 0.1) is 23.2 Å². The number of carbonyl (C=O) groups is 1. The molecule has 3 heteroatoms. The van der Waals surface area contributed by atoms with Gasteiger partial charge in [0.05, 0.1) is 0 Å². The van der Waals surface area contributed by atoms with E-state index in [1.54, 1.807) is 0 Å². The molecule has 2 unspecified atom stereocenters. The summed E-state index contributed by atoms with van der Waals surface area (Å²) < 4.78 is 0. The first-order valence-corrected chi connectivity index (χ1v) is 7.13. The molecule has 0 aliphatic heterocycles. The molecule has 0 aromatic heterocycles. The van der Waals surface area contributed by atoms with E-state index in [1.165, 1.54) is 32.1 Å². The van der Waals surface area contributed by atoms with Crippen LogP contribution in [-0.4, -0.2) is 18.3 Å². The van der Waals surface area contributed by atoms with Crippen molar-refractivity contribution in [3.63, 3.8) is 0 Å².